The van der Waals surface area contributed by atoms with E-state index in [4.69, 9.17) is 11.6 Å². The van der Waals surface area contributed by atoms with Crippen molar-refractivity contribution < 1.29 is 4.79 Å². The van der Waals surface area contributed by atoms with Crippen molar-refractivity contribution in [3.8, 4) is 0 Å². The summed E-state index contributed by atoms with van der Waals surface area (Å²) < 4.78 is 1.03. The first-order valence-corrected chi connectivity index (χ1v) is 7.85. The number of hydrogen-bond donors (Lipinski definition) is 0. The van der Waals surface area contributed by atoms with Crippen molar-refractivity contribution in [3.63, 3.8) is 0 Å². The smallest absolute Gasteiger partial charge is 0.264 e. The molecule has 1 amide bonds. The molecule has 0 N–H and O–H groups in total. The fourth-order valence-corrected chi connectivity index (χ4v) is 3.19. The SMILES string of the molecule is CCCCN(CCCl)C(=O)c1cc(C)c(Br)s1. The first-order valence-electron chi connectivity index (χ1n) is 5.71. The van der Waals surface area contributed by atoms with Gasteiger partial charge in [0.25, 0.3) is 5.91 Å². The van der Waals surface area contributed by atoms with Crippen LogP contribution in [0.2, 0.25) is 0 Å². The van der Waals surface area contributed by atoms with Gasteiger partial charge in [0.05, 0.1) is 8.66 Å². The summed E-state index contributed by atoms with van der Waals surface area (Å²) in [6.45, 7) is 5.52. The first kappa shape index (κ1) is 15.0. The molecule has 0 atom stereocenters. The quantitative estimate of drug-likeness (QED) is 0.708. The Bertz CT molecular complexity index is 361. The minimum absolute atomic E-state index is 0.0953. The van der Waals surface area contributed by atoms with E-state index < -0.39 is 0 Å². The van der Waals surface area contributed by atoms with E-state index >= 15 is 0 Å². The van der Waals surface area contributed by atoms with Crippen LogP contribution in [0.1, 0.15) is 35.0 Å². The molecule has 0 radical (unpaired) electrons. The second-order valence-corrected chi connectivity index (χ2v) is 6.65. The Hall–Kier alpha value is -0.0600. The van der Waals surface area contributed by atoms with Gasteiger partial charge in [0.2, 0.25) is 0 Å². The van der Waals surface area contributed by atoms with Gasteiger partial charge in [0, 0.05) is 19.0 Å². The number of nitrogens with zero attached hydrogens (tertiary/aromatic N) is 1. The summed E-state index contributed by atoms with van der Waals surface area (Å²) in [6, 6.07) is 1.93. The Morgan fingerprint density at radius 2 is 2.24 bits per heavy atom. The average molecular weight is 339 g/mol. The largest absolute Gasteiger partial charge is 0.337 e. The molecule has 0 bridgehead atoms. The summed E-state index contributed by atoms with van der Waals surface area (Å²) in [5.41, 5.74) is 1.11. The number of rotatable bonds is 6. The maximum absolute atomic E-state index is 12.3. The van der Waals surface area contributed by atoms with E-state index in [0.29, 0.717) is 12.4 Å². The molecule has 0 spiro atoms. The third-order valence-corrected chi connectivity index (χ3v) is 4.78. The predicted molar refractivity (Wildman–Crippen MR) is 78.3 cm³/mol. The minimum Gasteiger partial charge on any atom is -0.337 e. The standard InChI is InChI=1S/C12H17BrClNOS/c1-3-4-6-15(7-5-14)12(16)10-8-9(2)11(13)17-10/h8H,3-7H2,1-2H3. The minimum atomic E-state index is 0.0953. The molecular weight excluding hydrogens is 322 g/mol. The zero-order valence-electron chi connectivity index (χ0n) is 10.1. The van der Waals surface area contributed by atoms with Crippen LogP contribution in [-0.2, 0) is 0 Å². The molecular formula is C12H17BrClNOS. The molecule has 0 aromatic carbocycles. The second kappa shape index (κ2) is 7.39. The lowest BCUT2D eigenvalue weighted by atomic mass is 10.3. The molecule has 0 aliphatic carbocycles. The zero-order valence-corrected chi connectivity index (χ0v) is 13.3. The van der Waals surface area contributed by atoms with E-state index in [1.54, 1.807) is 0 Å². The summed E-state index contributed by atoms with van der Waals surface area (Å²) in [6.07, 6.45) is 2.10. The Labute approximate surface area is 120 Å². The molecule has 5 heteroatoms. The van der Waals surface area contributed by atoms with Crippen molar-refractivity contribution in [2.75, 3.05) is 19.0 Å². The van der Waals surface area contributed by atoms with Gasteiger partial charge in [-0.2, -0.15) is 0 Å². The van der Waals surface area contributed by atoms with Crippen LogP contribution in [0.15, 0.2) is 9.85 Å². The Balaban J connectivity index is 2.76. The monoisotopic (exact) mass is 337 g/mol. The fraction of sp³-hybridized carbons (Fsp3) is 0.583. The molecule has 1 aromatic heterocycles. The molecule has 0 fully saturated rings. The van der Waals surface area contributed by atoms with Gasteiger partial charge in [-0.15, -0.1) is 22.9 Å². The van der Waals surface area contributed by atoms with Gasteiger partial charge in [-0.1, -0.05) is 13.3 Å². The summed E-state index contributed by atoms with van der Waals surface area (Å²) in [5.74, 6) is 0.582. The van der Waals surface area contributed by atoms with E-state index in [-0.39, 0.29) is 5.91 Å². The Kier molecular flexibility index (Phi) is 6.52. The Morgan fingerprint density at radius 1 is 1.53 bits per heavy atom. The van der Waals surface area contributed by atoms with Crippen LogP contribution in [0.25, 0.3) is 0 Å². The second-order valence-electron chi connectivity index (χ2n) is 3.90. The molecule has 1 aromatic rings. The lowest BCUT2D eigenvalue weighted by Gasteiger charge is -2.20. The van der Waals surface area contributed by atoms with Crippen molar-refractivity contribution in [3.05, 3.63) is 20.3 Å². The summed E-state index contributed by atoms with van der Waals surface area (Å²) in [5, 5.41) is 0. The molecule has 1 heterocycles. The van der Waals surface area contributed by atoms with E-state index in [9.17, 15) is 4.79 Å². The van der Waals surface area contributed by atoms with Gasteiger partial charge in [-0.05, 0) is 40.9 Å². The van der Waals surface area contributed by atoms with Crippen LogP contribution in [-0.4, -0.2) is 29.8 Å². The van der Waals surface area contributed by atoms with Crippen molar-refractivity contribution in [1.82, 2.24) is 4.90 Å². The van der Waals surface area contributed by atoms with Gasteiger partial charge in [-0.3, -0.25) is 4.79 Å². The number of thiophene rings is 1. The summed E-state index contributed by atoms with van der Waals surface area (Å²) in [7, 11) is 0. The molecule has 2 nitrogen and oxygen atoms in total. The van der Waals surface area contributed by atoms with Crippen molar-refractivity contribution in [2.24, 2.45) is 0 Å². The highest BCUT2D eigenvalue weighted by molar-refractivity contribution is 9.11. The van der Waals surface area contributed by atoms with Crippen LogP contribution in [0, 0.1) is 6.92 Å². The maximum atomic E-state index is 12.3. The average Bonchev–Trinajstić information content (AvgIpc) is 2.64. The summed E-state index contributed by atoms with van der Waals surface area (Å²) in [4.78, 5) is 14.9. The normalized spacial score (nSPS) is 10.6. The van der Waals surface area contributed by atoms with Gasteiger partial charge >= 0.3 is 0 Å². The topological polar surface area (TPSA) is 20.3 Å². The van der Waals surface area contributed by atoms with Gasteiger partial charge < -0.3 is 4.90 Å². The van der Waals surface area contributed by atoms with Crippen LogP contribution >= 0.6 is 38.9 Å². The van der Waals surface area contributed by atoms with Crippen LogP contribution < -0.4 is 0 Å². The van der Waals surface area contributed by atoms with Crippen LogP contribution in [0.4, 0.5) is 0 Å². The highest BCUT2D eigenvalue weighted by Gasteiger charge is 2.17. The molecule has 96 valence electrons. The van der Waals surface area contributed by atoms with Gasteiger partial charge in [0.1, 0.15) is 0 Å². The molecule has 0 saturated carbocycles. The van der Waals surface area contributed by atoms with E-state index in [1.165, 1.54) is 11.3 Å². The number of alkyl halides is 1. The maximum Gasteiger partial charge on any atom is 0.264 e. The lowest BCUT2D eigenvalue weighted by Crippen LogP contribution is -2.33. The third kappa shape index (κ3) is 4.27. The number of unbranched alkanes of at least 4 members (excludes halogenated alkanes) is 1. The van der Waals surface area contributed by atoms with Gasteiger partial charge in [0.15, 0.2) is 0 Å². The fourth-order valence-electron chi connectivity index (χ4n) is 1.49. The van der Waals surface area contributed by atoms with Crippen molar-refractivity contribution in [1.29, 1.82) is 0 Å². The van der Waals surface area contributed by atoms with Crippen LogP contribution in [0.3, 0.4) is 0 Å². The van der Waals surface area contributed by atoms with E-state index in [1.807, 2.05) is 17.9 Å². The molecule has 1 rings (SSSR count). The lowest BCUT2D eigenvalue weighted by molar-refractivity contribution is 0.0768. The molecule has 0 aliphatic heterocycles. The Morgan fingerprint density at radius 3 is 2.71 bits per heavy atom. The zero-order chi connectivity index (χ0) is 12.8. The highest BCUT2D eigenvalue weighted by atomic mass is 79.9. The predicted octanol–water partition coefficient (Wildman–Crippen LogP) is 4.30. The number of carbonyl (C=O) groups excluding carboxylic acids is 1. The number of aryl methyl sites for hydroxylation is 1. The first-order chi connectivity index (χ1) is 8.10. The van der Waals surface area contributed by atoms with Gasteiger partial charge in [-0.25, -0.2) is 0 Å². The number of halogens is 2. The van der Waals surface area contributed by atoms with E-state index in [0.717, 1.165) is 33.6 Å². The molecule has 0 saturated heterocycles. The molecule has 0 aliphatic rings. The molecule has 0 unspecified atom stereocenters. The number of amides is 1. The molecule has 17 heavy (non-hydrogen) atoms. The van der Waals surface area contributed by atoms with Crippen molar-refractivity contribution in [2.45, 2.75) is 26.7 Å². The third-order valence-electron chi connectivity index (χ3n) is 2.49. The number of carbonyl (C=O) groups is 1. The van der Waals surface area contributed by atoms with E-state index in [2.05, 4.69) is 22.9 Å². The number of hydrogen-bond acceptors (Lipinski definition) is 2. The van der Waals surface area contributed by atoms with Crippen molar-refractivity contribution >= 4 is 44.8 Å². The van der Waals surface area contributed by atoms with Crippen LogP contribution in [0.5, 0.6) is 0 Å². The summed E-state index contributed by atoms with van der Waals surface area (Å²) >= 11 is 10.7. The highest BCUT2D eigenvalue weighted by Crippen LogP contribution is 2.28.